The zero-order valence-corrected chi connectivity index (χ0v) is 9.25. The van der Waals surface area contributed by atoms with Gasteiger partial charge in [-0.1, -0.05) is 12.1 Å². The summed E-state index contributed by atoms with van der Waals surface area (Å²) >= 11 is 0. The summed E-state index contributed by atoms with van der Waals surface area (Å²) in [6, 6.07) is 6.29. The van der Waals surface area contributed by atoms with Crippen LogP contribution in [0, 0.1) is 6.92 Å². The topological polar surface area (TPSA) is 44.5 Å². The fraction of sp³-hybridized carbons (Fsp3) is 0.500. The molecule has 1 aromatic rings. The second-order valence-electron chi connectivity index (χ2n) is 4.30. The maximum absolute atomic E-state index is 5.40. The van der Waals surface area contributed by atoms with Gasteiger partial charge < -0.3 is 9.57 Å². The summed E-state index contributed by atoms with van der Waals surface area (Å²) < 4.78 is 5.40. The van der Waals surface area contributed by atoms with Crippen molar-refractivity contribution in [2.24, 2.45) is 5.90 Å². The van der Waals surface area contributed by atoms with Crippen molar-refractivity contribution in [2.75, 3.05) is 13.7 Å². The molecule has 0 aromatic heterocycles. The van der Waals surface area contributed by atoms with Crippen LogP contribution in [-0.2, 0) is 10.3 Å². The lowest BCUT2D eigenvalue weighted by molar-refractivity contribution is 0.115. The van der Waals surface area contributed by atoms with Crippen LogP contribution in [0.1, 0.15) is 24.0 Å². The minimum atomic E-state index is 0.105. The van der Waals surface area contributed by atoms with Gasteiger partial charge in [0.1, 0.15) is 5.75 Å². The molecule has 0 unspecified atom stereocenters. The largest absolute Gasteiger partial charge is 0.496 e. The van der Waals surface area contributed by atoms with Crippen molar-refractivity contribution < 1.29 is 9.57 Å². The third-order valence-corrected chi connectivity index (χ3v) is 3.14. The molecule has 1 aliphatic carbocycles. The molecule has 3 heteroatoms. The van der Waals surface area contributed by atoms with Crippen LogP contribution in [0.4, 0.5) is 0 Å². The van der Waals surface area contributed by atoms with E-state index in [0.29, 0.717) is 6.61 Å². The maximum Gasteiger partial charge on any atom is 0.122 e. The highest BCUT2D eigenvalue weighted by Gasteiger charge is 2.46. The molecular formula is C12H17NO2. The molecule has 0 amide bonds. The highest BCUT2D eigenvalue weighted by molar-refractivity contribution is 5.45. The Bertz CT molecular complexity index is 359. The Morgan fingerprint density at radius 3 is 2.67 bits per heavy atom. The molecule has 0 bridgehead atoms. The van der Waals surface area contributed by atoms with Crippen molar-refractivity contribution in [2.45, 2.75) is 25.2 Å². The molecule has 0 aliphatic heterocycles. The minimum Gasteiger partial charge on any atom is -0.496 e. The number of hydrogen-bond donors (Lipinski definition) is 1. The Hall–Kier alpha value is -1.06. The third kappa shape index (κ3) is 1.85. The molecule has 1 saturated carbocycles. The lowest BCUT2D eigenvalue weighted by Gasteiger charge is -2.17. The Labute approximate surface area is 90.1 Å². The van der Waals surface area contributed by atoms with Crippen LogP contribution in [0.2, 0.25) is 0 Å². The van der Waals surface area contributed by atoms with Gasteiger partial charge in [-0.2, -0.15) is 0 Å². The van der Waals surface area contributed by atoms with Crippen LogP contribution < -0.4 is 10.6 Å². The van der Waals surface area contributed by atoms with Gasteiger partial charge in [-0.15, -0.1) is 0 Å². The molecule has 1 aromatic carbocycles. The van der Waals surface area contributed by atoms with E-state index in [9.17, 15) is 0 Å². The molecule has 2 N–H and O–H groups in total. The predicted molar refractivity (Wildman–Crippen MR) is 58.8 cm³/mol. The first kappa shape index (κ1) is 10.5. The van der Waals surface area contributed by atoms with Crippen molar-refractivity contribution in [1.29, 1.82) is 0 Å². The summed E-state index contributed by atoms with van der Waals surface area (Å²) in [4.78, 5) is 4.80. The van der Waals surface area contributed by atoms with Crippen LogP contribution in [0.5, 0.6) is 5.75 Å². The summed E-state index contributed by atoms with van der Waals surface area (Å²) in [5.74, 6) is 6.12. The van der Waals surface area contributed by atoms with Gasteiger partial charge in [0.2, 0.25) is 0 Å². The molecule has 2 rings (SSSR count). The zero-order valence-electron chi connectivity index (χ0n) is 9.25. The Morgan fingerprint density at radius 2 is 2.13 bits per heavy atom. The van der Waals surface area contributed by atoms with Crippen LogP contribution in [0.15, 0.2) is 18.2 Å². The lowest BCUT2D eigenvalue weighted by Crippen LogP contribution is -2.18. The van der Waals surface area contributed by atoms with E-state index < -0.39 is 0 Å². The maximum atomic E-state index is 5.40. The Balaban J connectivity index is 2.35. The van der Waals surface area contributed by atoms with Gasteiger partial charge in [0.05, 0.1) is 13.7 Å². The molecule has 0 radical (unpaired) electrons. The number of aryl methyl sites for hydroxylation is 1. The molecular weight excluding hydrogens is 190 g/mol. The number of hydrogen-bond acceptors (Lipinski definition) is 3. The van der Waals surface area contributed by atoms with Crippen LogP contribution >= 0.6 is 0 Å². The highest BCUT2D eigenvalue weighted by atomic mass is 16.6. The summed E-state index contributed by atoms with van der Waals surface area (Å²) in [6.07, 6.45) is 2.26. The van der Waals surface area contributed by atoms with E-state index in [1.54, 1.807) is 7.11 Å². The molecule has 1 aliphatic rings. The Morgan fingerprint density at radius 1 is 1.40 bits per heavy atom. The molecule has 0 atom stereocenters. The molecule has 0 saturated heterocycles. The standard InChI is InChI=1S/C12H17NO2/c1-9-3-4-10(11(7-9)14-2)12(5-6-12)8-15-13/h3-4,7H,5-6,8,13H2,1-2H3. The van der Waals surface area contributed by atoms with E-state index in [2.05, 4.69) is 25.1 Å². The zero-order chi connectivity index (χ0) is 10.9. The average Bonchev–Trinajstić information content (AvgIpc) is 2.99. The second kappa shape index (κ2) is 3.83. The van der Waals surface area contributed by atoms with Crippen molar-refractivity contribution in [3.63, 3.8) is 0 Å². The van der Waals surface area contributed by atoms with Crippen molar-refractivity contribution >= 4 is 0 Å². The Kier molecular flexibility index (Phi) is 2.67. The van der Waals surface area contributed by atoms with Gasteiger partial charge in [-0.3, -0.25) is 0 Å². The molecule has 82 valence electrons. The van der Waals surface area contributed by atoms with Crippen molar-refractivity contribution in [1.82, 2.24) is 0 Å². The van der Waals surface area contributed by atoms with E-state index in [1.165, 1.54) is 11.1 Å². The molecule has 15 heavy (non-hydrogen) atoms. The highest BCUT2D eigenvalue weighted by Crippen LogP contribution is 2.51. The normalized spacial score (nSPS) is 17.5. The molecule has 1 fully saturated rings. The quantitative estimate of drug-likeness (QED) is 0.767. The van der Waals surface area contributed by atoms with Crippen LogP contribution in [0.25, 0.3) is 0 Å². The van der Waals surface area contributed by atoms with Gasteiger partial charge in [-0.05, 0) is 31.4 Å². The van der Waals surface area contributed by atoms with Gasteiger partial charge >= 0.3 is 0 Å². The van der Waals surface area contributed by atoms with Gasteiger partial charge in [0.15, 0.2) is 0 Å². The third-order valence-electron chi connectivity index (χ3n) is 3.14. The monoisotopic (exact) mass is 207 g/mol. The fourth-order valence-electron chi connectivity index (χ4n) is 2.04. The van der Waals surface area contributed by atoms with E-state index >= 15 is 0 Å². The smallest absolute Gasteiger partial charge is 0.122 e. The second-order valence-corrected chi connectivity index (χ2v) is 4.30. The summed E-state index contributed by atoms with van der Waals surface area (Å²) in [5.41, 5.74) is 2.54. The number of benzene rings is 1. The molecule has 3 nitrogen and oxygen atoms in total. The molecule has 0 spiro atoms. The van der Waals surface area contributed by atoms with E-state index in [1.807, 2.05) is 0 Å². The number of methoxy groups -OCH3 is 1. The minimum absolute atomic E-state index is 0.105. The fourth-order valence-corrected chi connectivity index (χ4v) is 2.04. The molecule has 0 heterocycles. The predicted octanol–water partition coefficient (Wildman–Crippen LogP) is 1.93. The first-order valence-corrected chi connectivity index (χ1v) is 5.19. The summed E-state index contributed by atoms with van der Waals surface area (Å²) in [5, 5.41) is 0. The first-order chi connectivity index (χ1) is 7.22. The van der Waals surface area contributed by atoms with E-state index in [0.717, 1.165) is 18.6 Å². The number of rotatable bonds is 4. The number of nitrogens with two attached hydrogens (primary N) is 1. The van der Waals surface area contributed by atoms with E-state index in [4.69, 9.17) is 15.5 Å². The van der Waals surface area contributed by atoms with Crippen molar-refractivity contribution in [3.05, 3.63) is 29.3 Å². The van der Waals surface area contributed by atoms with Crippen LogP contribution in [0.3, 0.4) is 0 Å². The van der Waals surface area contributed by atoms with Gasteiger partial charge in [0, 0.05) is 11.0 Å². The summed E-state index contributed by atoms with van der Waals surface area (Å²) in [7, 11) is 1.71. The van der Waals surface area contributed by atoms with Crippen molar-refractivity contribution in [3.8, 4) is 5.75 Å². The SMILES string of the molecule is COc1cc(C)ccc1C1(CON)CC1. The van der Waals surface area contributed by atoms with Gasteiger partial charge in [0.25, 0.3) is 0 Å². The summed E-state index contributed by atoms with van der Waals surface area (Å²) in [6.45, 7) is 2.64. The first-order valence-electron chi connectivity index (χ1n) is 5.19. The average molecular weight is 207 g/mol. The lowest BCUT2D eigenvalue weighted by atomic mass is 9.95. The van der Waals surface area contributed by atoms with E-state index in [-0.39, 0.29) is 5.41 Å². The number of ether oxygens (including phenoxy) is 1. The van der Waals surface area contributed by atoms with Gasteiger partial charge in [-0.25, -0.2) is 5.90 Å². The van der Waals surface area contributed by atoms with Crippen LogP contribution in [-0.4, -0.2) is 13.7 Å².